The topological polar surface area (TPSA) is 74.0 Å². The number of halogens is 2. The number of aromatic nitrogens is 4. The van der Waals surface area contributed by atoms with Gasteiger partial charge < -0.3 is 10.1 Å². The van der Waals surface area contributed by atoms with E-state index in [0.717, 1.165) is 16.9 Å². The Morgan fingerprint density at radius 3 is 2.65 bits per heavy atom. The first kappa shape index (κ1) is 20.6. The standard InChI is InChI=1S/C22H19ClFN5O2/c1-15-4-2-3-5-20(15)31-14-28-11-10-19(26-28)22(30)25-21-18(23)13-29(27-21)12-16-6-8-17(24)9-7-16/h2-11,13H,12,14H2,1H3,(H,25,27,30). The summed E-state index contributed by atoms with van der Waals surface area (Å²) < 4.78 is 21.9. The second kappa shape index (κ2) is 9.01. The van der Waals surface area contributed by atoms with Crippen LogP contribution < -0.4 is 10.1 Å². The predicted octanol–water partition coefficient (Wildman–Crippen LogP) is 4.52. The number of benzene rings is 2. The normalized spacial score (nSPS) is 10.8. The number of nitrogens with zero attached hydrogens (tertiary/aromatic N) is 4. The number of rotatable bonds is 7. The van der Waals surface area contributed by atoms with Gasteiger partial charge in [0.15, 0.2) is 18.2 Å². The van der Waals surface area contributed by atoms with Crippen LogP contribution in [0.3, 0.4) is 0 Å². The maximum atomic E-state index is 13.0. The van der Waals surface area contributed by atoms with Crippen LogP contribution in [0.15, 0.2) is 67.0 Å². The molecule has 31 heavy (non-hydrogen) atoms. The molecule has 2 heterocycles. The second-order valence-corrected chi connectivity index (χ2v) is 7.29. The summed E-state index contributed by atoms with van der Waals surface area (Å²) in [6.07, 6.45) is 3.25. The zero-order valence-corrected chi connectivity index (χ0v) is 17.4. The number of ether oxygens (including phenoxy) is 1. The largest absolute Gasteiger partial charge is 0.471 e. The van der Waals surface area contributed by atoms with E-state index in [2.05, 4.69) is 15.5 Å². The molecule has 2 aromatic heterocycles. The summed E-state index contributed by atoms with van der Waals surface area (Å²) in [5.41, 5.74) is 2.07. The van der Waals surface area contributed by atoms with E-state index >= 15 is 0 Å². The van der Waals surface area contributed by atoms with Crippen molar-refractivity contribution in [2.45, 2.75) is 20.2 Å². The Kier molecular flexibility index (Phi) is 5.99. The highest BCUT2D eigenvalue weighted by molar-refractivity contribution is 6.33. The quantitative estimate of drug-likeness (QED) is 0.459. The van der Waals surface area contributed by atoms with E-state index < -0.39 is 5.91 Å². The van der Waals surface area contributed by atoms with E-state index in [1.165, 1.54) is 16.8 Å². The van der Waals surface area contributed by atoms with Crippen molar-refractivity contribution in [1.82, 2.24) is 19.6 Å². The van der Waals surface area contributed by atoms with Gasteiger partial charge in [-0.1, -0.05) is 41.9 Å². The predicted molar refractivity (Wildman–Crippen MR) is 115 cm³/mol. The van der Waals surface area contributed by atoms with Crippen LogP contribution in [-0.2, 0) is 13.3 Å². The summed E-state index contributed by atoms with van der Waals surface area (Å²) in [7, 11) is 0. The van der Waals surface area contributed by atoms with E-state index in [1.807, 2.05) is 31.2 Å². The molecule has 158 valence electrons. The summed E-state index contributed by atoms with van der Waals surface area (Å²) >= 11 is 6.20. The molecule has 0 aliphatic heterocycles. The molecule has 0 saturated heterocycles. The molecule has 0 fully saturated rings. The van der Waals surface area contributed by atoms with Crippen LogP contribution in [0, 0.1) is 12.7 Å². The maximum absolute atomic E-state index is 13.0. The highest BCUT2D eigenvalue weighted by atomic mass is 35.5. The van der Waals surface area contributed by atoms with E-state index in [1.54, 1.807) is 35.3 Å². The Morgan fingerprint density at radius 2 is 1.87 bits per heavy atom. The zero-order chi connectivity index (χ0) is 21.8. The molecule has 7 nitrogen and oxygen atoms in total. The van der Waals surface area contributed by atoms with E-state index in [0.29, 0.717) is 6.54 Å². The van der Waals surface area contributed by atoms with E-state index in [-0.39, 0.29) is 29.1 Å². The van der Waals surface area contributed by atoms with Gasteiger partial charge in [0.1, 0.15) is 16.6 Å². The lowest BCUT2D eigenvalue weighted by Gasteiger charge is -2.08. The minimum Gasteiger partial charge on any atom is -0.471 e. The molecule has 0 unspecified atom stereocenters. The SMILES string of the molecule is Cc1ccccc1OCn1ccc(C(=O)Nc2nn(Cc3ccc(F)cc3)cc2Cl)n1. The molecule has 4 aromatic rings. The molecule has 0 aliphatic carbocycles. The molecule has 0 aliphatic rings. The zero-order valence-electron chi connectivity index (χ0n) is 16.6. The Bertz CT molecular complexity index is 1200. The number of hydrogen-bond donors (Lipinski definition) is 1. The number of nitrogens with one attached hydrogen (secondary N) is 1. The number of para-hydroxylation sites is 1. The molecular formula is C22H19ClFN5O2. The number of carbonyl (C=O) groups is 1. The first-order valence-corrected chi connectivity index (χ1v) is 9.86. The average molecular weight is 440 g/mol. The Balaban J connectivity index is 1.38. The molecule has 0 atom stereocenters. The average Bonchev–Trinajstić information content (AvgIpc) is 3.36. The van der Waals surface area contributed by atoms with Crippen LogP contribution in [0.4, 0.5) is 10.2 Å². The highest BCUT2D eigenvalue weighted by Crippen LogP contribution is 2.21. The van der Waals surface area contributed by atoms with Gasteiger partial charge in [-0.25, -0.2) is 9.07 Å². The molecule has 0 saturated carbocycles. The van der Waals surface area contributed by atoms with E-state index in [4.69, 9.17) is 16.3 Å². The van der Waals surface area contributed by atoms with Crippen molar-refractivity contribution in [3.63, 3.8) is 0 Å². The minimum atomic E-state index is -0.441. The molecule has 0 bridgehead atoms. The molecule has 0 spiro atoms. The van der Waals surface area contributed by atoms with Gasteiger partial charge in [0.25, 0.3) is 5.91 Å². The number of carbonyl (C=O) groups excluding carboxylic acids is 1. The minimum absolute atomic E-state index is 0.172. The van der Waals surface area contributed by atoms with Crippen LogP contribution >= 0.6 is 11.6 Å². The molecule has 1 amide bonds. The first-order valence-electron chi connectivity index (χ1n) is 9.48. The molecular weight excluding hydrogens is 421 g/mol. The Labute approximate surface area is 183 Å². The fraction of sp³-hybridized carbons (Fsp3) is 0.136. The molecule has 9 heteroatoms. The van der Waals surface area contributed by atoms with Crippen molar-refractivity contribution in [2.24, 2.45) is 0 Å². The lowest BCUT2D eigenvalue weighted by atomic mass is 10.2. The molecule has 4 rings (SSSR count). The van der Waals surface area contributed by atoms with Crippen molar-refractivity contribution < 1.29 is 13.9 Å². The summed E-state index contributed by atoms with van der Waals surface area (Å²) in [5.74, 6) is 0.226. The second-order valence-electron chi connectivity index (χ2n) is 6.88. The fourth-order valence-corrected chi connectivity index (χ4v) is 3.12. The van der Waals surface area contributed by atoms with Crippen molar-refractivity contribution in [3.05, 3.63) is 94.7 Å². The molecule has 0 radical (unpaired) electrons. The third-order valence-electron chi connectivity index (χ3n) is 4.53. The first-order chi connectivity index (χ1) is 15.0. The van der Waals surface area contributed by atoms with Gasteiger partial charge in [-0.3, -0.25) is 9.48 Å². The lowest BCUT2D eigenvalue weighted by Crippen LogP contribution is -2.15. The Hall–Kier alpha value is -3.65. The van der Waals surface area contributed by atoms with Crippen LogP contribution in [0.1, 0.15) is 21.6 Å². The van der Waals surface area contributed by atoms with Crippen LogP contribution in [0.25, 0.3) is 0 Å². The fourth-order valence-electron chi connectivity index (χ4n) is 2.92. The van der Waals surface area contributed by atoms with Crippen LogP contribution in [0.2, 0.25) is 5.02 Å². The number of aryl methyl sites for hydroxylation is 1. The summed E-state index contributed by atoms with van der Waals surface area (Å²) in [6.45, 7) is 2.52. The van der Waals surface area contributed by atoms with Crippen molar-refractivity contribution in [1.29, 1.82) is 0 Å². The summed E-state index contributed by atoms with van der Waals surface area (Å²) in [6, 6.07) is 15.3. The smallest absolute Gasteiger partial charge is 0.277 e. The lowest BCUT2D eigenvalue weighted by molar-refractivity contribution is 0.101. The third kappa shape index (κ3) is 5.10. The van der Waals surface area contributed by atoms with Crippen LogP contribution in [0.5, 0.6) is 5.75 Å². The number of amides is 1. The number of hydrogen-bond acceptors (Lipinski definition) is 4. The van der Waals surface area contributed by atoms with Gasteiger partial charge >= 0.3 is 0 Å². The molecule has 2 aromatic carbocycles. The van der Waals surface area contributed by atoms with Crippen molar-refractivity contribution in [2.75, 3.05) is 5.32 Å². The maximum Gasteiger partial charge on any atom is 0.277 e. The van der Waals surface area contributed by atoms with Gasteiger partial charge in [0, 0.05) is 12.4 Å². The van der Waals surface area contributed by atoms with Gasteiger partial charge in [-0.05, 0) is 42.3 Å². The molecule has 1 N–H and O–H groups in total. The van der Waals surface area contributed by atoms with Gasteiger partial charge in [-0.2, -0.15) is 10.2 Å². The highest BCUT2D eigenvalue weighted by Gasteiger charge is 2.15. The third-order valence-corrected chi connectivity index (χ3v) is 4.80. The van der Waals surface area contributed by atoms with E-state index in [9.17, 15) is 9.18 Å². The van der Waals surface area contributed by atoms with Crippen LogP contribution in [-0.4, -0.2) is 25.5 Å². The van der Waals surface area contributed by atoms with Gasteiger partial charge in [-0.15, -0.1) is 0 Å². The van der Waals surface area contributed by atoms with Crippen molar-refractivity contribution >= 4 is 23.3 Å². The van der Waals surface area contributed by atoms with Gasteiger partial charge in [0.2, 0.25) is 0 Å². The monoisotopic (exact) mass is 439 g/mol. The van der Waals surface area contributed by atoms with Gasteiger partial charge in [0.05, 0.1) is 6.54 Å². The van der Waals surface area contributed by atoms with Crippen molar-refractivity contribution in [3.8, 4) is 5.75 Å². The summed E-state index contributed by atoms with van der Waals surface area (Å²) in [5, 5.41) is 11.5. The Morgan fingerprint density at radius 1 is 1.10 bits per heavy atom. The summed E-state index contributed by atoms with van der Waals surface area (Å²) in [4.78, 5) is 12.5. The number of anilines is 1.